The molecule has 26 heavy (non-hydrogen) atoms. The summed E-state index contributed by atoms with van der Waals surface area (Å²) in [6.45, 7) is 2.48. The summed E-state index contributed by atoms with van der Waals surface area (Å²) >= 11 is 0. The van der Waals surface area contributed by atoms with Gasteiger partial charge in [0.2, 0.25) is 5.91 Å². The number of allylic oxidation sites excluding steroid dienone is 1. The van der Waals surface area contributed by atoms with Gasteiger partial charge in [-0.1, -0.05) is 31.8 Å². The first kappa shape index (κ1) is 22.0. The number of carbonyl (C=O) groups excluding carboxylic acids is 3. The third-order valence-electron chi connectivity index (χ3n) is 4.43. The first-order valence-corrected chi connectivity index (χ1v) is 9.61. The maximum atomic E-state index is 12.2. The highest BCUT2D eigenvalue weighted by molar-refractivity contribution is 5.89. The minimum absolute atomic E-state index is 0.0456. The van der Waals surface area contributed by atoms with Crippen LogP contribution in [0.3, 0.4) is 0 Å². The summed E-state index contributed by atoms with van der Waals surface area (Å²) in [5.74, 6) is 6.02. The van der Waals surface area contributed by atoms with Crippen molar-refractivity contribution < 1.29 is 19.1 Å². The van der Waals surface area contributed by atoms with Crippen LogP contribution in [0.25, 0.3) is 0 Å². The molecule has 0 bridgehead atoms. The zero-order chi connectivity index (χ0) is 19.2. The molecule has 5 nitrogen and oxygen atoms in total. The summed E-state index contributed by atoms with van der Waals surface area (Å²) in [5, 5.41) is 0. The molecule has 0 saturated carbocycles. The molecule has 1 heterocycles. The van der Waals surface area contributed by atoms with Gasteiger partial charge in [-0.05, 0) is 31.8 Å². The molecule has 0 aromatic rings. The van der Waals surface area contributed by atoms with Crippen LogP contribution in [0.5, 0.6) is 0 Å². The van der Waals surface area contributed by atoms with E-state index in [1.165, 1.54) is 7.11 Å². The highest BCUT2D eigenvalue weighted by Crippen LogP contribution is 2.19. The average Bonchev–Trinajstić information content (AvgIpc) is 2.64. The lowest BCUT2D eigenvalue weighted by atomic mass is 10.00. The van der Waals surface area contributed by atoms with Gasteiger partial charge in [0, 0.05) is 25.7 Å². The maximum Gasteiger partial charge on any atom is 0.305 e. The number of likely N-dealkylation sites (tertiary alicyclic amines) is 1. The first-order valence-electron chi connectivity index (χ1n) is 9.61. The molecule has 0 spiro atoms. The lowest BCUT2D eigenvalue weighted by molar-refractivity contribution is -0.140. The summed E-state index contributed by atoms with van der Waals surface area (Å²) in [7, 11) is 1.37. The van der Waals surface area contributed by atoms with E-state index in [-0.39, 0.29) is 23.7 Å². The molecule has 0 aromatic heterocycles. The monoisotopic (exact) mass is 361 g/mol. The zero-order valence-electron chi connectivity index (χ0n) is 16.1. The van der Waals surface area contributed by atoms with E-state index >= 15 is 0 Å². The van der Waals surface area contributed by atoms with Crippen LogP contribution in [0.2, 0.25) is 0 Å². The van der Waals surface area contributed by atoms with E-state index in [1.807, 2.05) is 6.08 Å². The van der Waals surface area contributed by atoms with E-state index in [0.717, 1.165) is 32.1 Å². The van der Waals surface area contributed by atoms with Crippen LogP contribution in [-0.2, 0) is 19.1 Å². The van der Waals surface area contributed by atoms with Gasteiger partial charge in [-0.2, -0.15) is 0 Å². The molecule has 144 valence electrons. The average molecular weight is 361 g/mol. The van der Waals surface area contributed by atoms with Crippen LogP contribution in [0.15, 0.2) is 12.2 Å². The number of rotatable bonds is 10. The molecule has 1 saturated heterocycles. The van der Waals surface area contributed by atoms with Crippen molar-refractivity contribution >= 4 is 17.7 Å². The van der Waals surface area contributed by atoms with Crippen molar-refractivity contribution in [2.24, 2.45) is 0 Å². The highest BCUT2D eigenvalue weighted by Gasteiger charge is 2.25. The van der Waals surface area contributed by atoms with Crippen molar-refractivity contribution in [3.05, 3.63) is 12.2 Å². The van der Waals surface area contributed by atoms with E-state index in [2.05, 4.69) is 23.5 Å². The lowest BCUT2D eigenvalue weighted by Gasteiger charge is -2.32. The SMILES string of the molecule is CCCCCC(=O)/C=C/C1CCCC(=O)N1CC#CCCCC(=O)OC. The second-order valence-electron chi connectivity index (χ2n) is 6.55. The van der Waals surface area contributed by atoms with E-state index in [9.17, 15) is 14.4 Å². The van der Waals surface area contributed by atoms with E-state index in [4.69, 9.17) is 0 Å². The third kappa shape index (κ3) is 8.84. The van der Waals surface area contributed by atoms with E-state index < -0.39 is 0 Å². The molecular weight excluding hydrogens is 330 g/mol. The Labute approximate surface area is 157 Å². The maximum absolute atomic E-state index is 12.2. The predicted molar refractivity (Wildman–Crippen MR) is 101 cm³/mol. The third-order valence-corrected chi connectivity index (χ3v) is 4.43. The van der Waals surface area contributed by atoms with Gasteiger partial charge in [0.25, 0.3) is 0 Å². The summed E-state index contributed by atoms with van der Waals surface area (Å²) in [5.41, 5.74) is 0. The van der Waals surface area contributed by atoms with E-state index in [1.54, 1.807) is 11.0 Å². The molecule has 5 heteroatoms. The second kappa shape index (κ2) is 13.2. The van der Waals surface area contributed by atoms with Crippen LogP contribution in [0.4, 0.5) is 0 Å². The van der Waals surface area contributed by atoms with Crippen LogP contribution in [-0.4, -0.2) is 42.3 Å². The topological polar surface area (TPSA) is 63.7 Å². The Morgan fingerprint density at radius 2 is 2.04 bits per heavy atom. The van der Waals surface area contributed by atoms with Crippen molar-refractivity contribution in [1.29, 1.82) is 0 Å². The quantitative estimate of drug-likeness (QED) is 0.259. The normalized spacial score (nSPS) is 17.1. The number of esters is 1. The highest BCUT2D eigenvalue weighted by atomic mass is 16.5. The van der Waals surface area contributed by atoms with Gasteiger partial charge in [0.05, 0.1) is 19.7 Å². The molecule has 1 aliphatic rings. The fraction of sp³-hybridized carbons (Fsp3) is 0.667. The minimum atomic E-state index is -0.230. The van der Waals surface area contributed by atoms with Gasteiger partial charge in [0.15, 0.2) is 5.78 Å². The molecule has 1 fully saturated rings. The molecule has 1 amide bonds. The molecular formula is C21H31NO4. The van der Waals surface area contributed by atoms with Crippen molar-refractivity contribution in [2.75, 3.05) is 13.7 Å². The standard InChI is InChI=1S/C21H31NO4/c1-3-4-7-12-19(23)16-15-18-11-10-13-20(24)22(18)17-9-6-5-8-14-21(25)26-2/h15-16,18H,3-5,7-8,10-14,17H2,1-2H3/b16-15+. The summed E-state index contributed by atoms with van der Waals surface area (Å²) in [6, 6.07) is -0.0456. The van der Waals surface area contributed by atoms with Gasteiger partial charge in [-0.25, -0.2) is 0 Å². The molecule has 0 N–H and O–H groups in total. The first-order chi connectivity index (χ1) is 12.6. The summed E-state index contributed by atoms with van der Waals surface area (Å²) in [6.07, 6.45) is 11.0. The summed E-state index contributed by atoms with van der Waals surface area (Å²) < 4.78 is 4.58. The Morgan fingerprint density at radius 1 is 1.23 bits per heavy atom. The number of methoxy groups -OCH3 is 1. The molecule has 1 atom stereocenters. The van der Waals surface area contributed by atoms with Gasteiger partial charge in [-0.3, -0.25) is 14.4 Å². The Morgan fingerprint density at radius 3 is 2.77 bits per heavy atom. The predicted octanol–water partition coefficient (Wildman–Crippen LogP) is 3.42. The van der Waals surface area contributed by atoms with Crippen molar-refractivity contribution in [2.45, 2.75) is 77.2 Å². The summed E-state index contributed by atoms with van der Waals surface area (Å²) in [4.78, 5) is 36.9. The minimum Gasteiger partial charge on any atom is -0.469 e. The number of ketones is 1. The number of amides is 1. The van der Waals surface area contributed by atoms with Crippen molar-refractivity contribution in [3.63, 3.8) is 0 Å². The van der Waals surface area contributed by atoms with Crippen molar-refractivity contribution in [1.82, 2.24) is 4.90 Å². The van der Waals surface area contributed by atoms with Crippen LogP contribution in [0, 0.1) is 11.8 Å². The molecule has 1 rings (SSSR count). The van der Waals surface area contributed by atoms with Gasteiger partial charge in [0.1, 0.15) is 0 Å². The van der Waals surface area contributed by atoms with Crippen LogP contribution >= 0.6 is 0 Å². The second-order valence-corrected chi connectivity index (χ2v) is 6.55. The smallest absolute Gasteiger partial charge is 0.305 e. The molecule has 1 unspecified atom stereocenters. The number of unbranched alkanes of at least 4 members (excludes halogenated alkanes) is 3. The van der Waals surface area contributed by atoms with Crippen molar-refractivity contribution in [3.8, 4) is 11.8 Å². The van der Waals surface area contributed by atoms with Gasteiger partial charge in [-0.15, -0.1) is 5.92 Å². The molecule has 0 aliphatic carbocycles. The molecule has 0 aromatic carbocycles. The molecule has 0 radical (unpaired) electrons. The lowest BCUT2D eigenvalue weighted by Crippen LogP contribution is -2.42. The largest absolute Gasteiger partial charge is 0.469 e. The number of piperidine rings is 1. The Balaban J connectivity index is 2.48. The molecule has 1 aliphatic heterocycles. The van der Waals surface area contributed by atoms with Crippen LogP contribution in [0.1, 0.15) is 71.1 Å². The Bertz CT molecular complexity index is 556. The van der Waals surface area contributed by atoms with Gasteiger partial charge >= 0.3 is 5.97 Å². The number of hydrogen-bond acceptors (Lipinski definition) is 4. The Hall–Kier alpha value is -2.09. The van der Waals surface area contributed by atoms with Crippen LogP contribution < -0.4 is 0 Å². The Kier molecular flexibility index (Phi) is 11.1. The number of ether oxygens (including phenoxy) is 1. The number of nitrogens with zero attached hydrogens (tertiary/aromatic N) is 1. The number of carbonyl (C=O) groups is 3. The zero-order valence-corrected chi connectivity index (χ0v) is 16.1. The van der Waals surface area contributed by atoms with E-state index in [0.29, 0.717) is 38.6 Å². The number of hydrogen-bond donors (Lipinski definition) is 0. The van der Waals surface area contributed by atoms with Gasteiger partial charge < -0.3 is 9.64 Å². The fourth-order valence-electron chi connectivity index (χ4n) is 2.86. The fourth-order valence-corrected chi connectivity index (χ4v) is 2.86.